The van der Waals surface area contributed by atoms with E-state index >= 15 is 0 Å². The van der Waals surface area contributed by atoms with Gasteiger partial charge in [0.05, 0.1) is 7.11 Å². The van der Waals surface area contributed by atoms with E-state index in [9.17, 15) is 14.4 Å². The number of methoxy groups -OCH3 is 1. The van der Waals surface area contributed by atoms with Crippen LogP contribution in [0.3, 0.4) is 0 Å². The zero-order valence-electron chi connectivity index (χ0n) is 15.7. The molecule has 4 amide bonds. The normalized spacial score (nSPS) is 18.8. The predicted octanol–water partition coefficient (Wildman–Crippen LogP) is 3.01. The summed E-state index contributed by atoms with van der Waals surface area (Å²) >= 11 is 2.19. The minimum absolute atomic E-state index is 0.359. The Bertz CT molecular complexity index is 945. The zero-order valence-corrected chi connectivity index (χ0v) is 17.9. The molecule has 146 valence electrons. The molecular weight excluding hydrogens is 473 g/mol. The monoisotopic (exact) mass is 493 g/mol. The summed E-state index contributed by atoms with van der Waals surface area (Å²) in [5.41, 5.74) is 0.932. The minimum Gasteiger partial charge on any atom is -0.497 e. The van der Waals surface area contributed by atoms with Crippen LogP contribution in [0.1, 0.15) is 18.1 Å². The van der Waals surface area contributed by atoms with Crippen LogP contribution < -0.4 is 15.4 Å². The van der Waals surface area contributed by atoms with E-state index in [4.69, 9.17) is 4.74 Å². The lowest BCUT2D eigenvalue weighted by atomic mass is 9.92. The van der Waals surface area contributed by atoms with Crippen LogP contribution in [0.4, 0.5) is 10.5 Å². The van der Waals surface area contributed by atoms with Crippen molar-refractivity contribution in [1.82, 2.24) is 10.2 Å². The van der Waals surface area contributed by atoms with Crippen molar-refractivity contribution in [2.75, 3.05) is 19.0 Å². The smallest absolute Gasteiger partial charge is 0.325 e. The molecule has 0 bridgehead atoms. The van der Waals surface area contributed by atoms with Gasteiger partial charge in [0.1, 0.15) is 17.8 Å². The van der Waals surface area contributed by atoms with Crippen molar-refractivity contribution >= 4 is 46.1 Å². The summed E-state index contributed by atoms with van der Waals surface area (Å²) in [6.07, 6.45) is 0. The van der Waals surface area contributed by atoms with Gasteiger partial charge in [-0.25, -0.2) is 4.79 Å². The summed E-state index contributed by atoms with van der Waals surface area (Å²) in [5.74, 6) is -0.266. The molecule has 3 rings (SSSR count). The molecule has 1 unspecified atom stereocenters. The Labute approximate surface area is 176 Å². The standard InChI is InChI=1S/C20H20IN3O4/c1-12-10-14(21)6-9-16(12)22-17(25)11-24-18(26)20(2,23-19(24)27)13-4-7-15(28-3)8-5-13/h4-10H,11H2,1-3H3,(H,22,25)(H,23,27). The number of nitrogens with one attached hydrogen (secondary N) is 2. The number of carbonyl (C=O) groups is 3. The number of halogens is 1. The number of nitrogens with zero attached hydrogens (tertiary/aromatic N) is 1. The number of rotatable bonds is 5. The summed E-state index contributed by atoms with van der Waals surface area (Å²) in [5, 5.41) is 5.44. The first-order valence-electron chi connectivity index (χ1n) is 8.59. The highest BCUT2D eigenvalue weighted by molar-refractivity contribution is 14.1. The fourth-order valence-electron chi connectivity index (χ4n) is 3.06. The van der Waals surface area contributed by atoms with E-state index in [1.807, 2.05) is 19.1 Å². The van der Waals surface area contributed by atoms with Gasteiger partial charge in [0, 0.05) is 9.26 Å². The molecule has 0 radical (unpaired) electrons. The molecule has 0 saturated carbocycles. The van der Waals surface area contributed by atoms with Crippen LogP contribution in [0.2, 0.25) is 0 Å². The molecule has 2 aromatic carbocycles. The number of benzene rings is 2. The van der Waals surface area contributed by atoms with Gasteiger partial charge in [0.25, 0.3) is 5.91 Å². The van der Waals surface area contributed by atoms with Gasteiger partial charge in [-0.15, -0.1) is 0 Å². The van der Waals surface area contributed by atoms with Crippen LogP contribution >= 0.6 is 22.6 Å². The number of hydrogen-bond donors (Lipinski definition) is 2. The van der Waals surface area contributed by atoms with Crippen LogP contribution in [-0.2, 0) is 15.1 Å². The maximum Gasteiger partial charge on any atom is 0.325 e. The number of urea groups is 1. The maximum absolute atomic E-state index is 12.9. The number of aryl methyl sites for hydroxylation is 1. The van der Waals surface area contributed by atoms with E-state index in [1.165, 1.54) is 0 Å². The van der Waals surface area contributed by atoms with Crippen molar-refractivity contribution in [3.05, 3.63) is 57.2 Å². The Hall–Kier alpha value is -2.62. The van der Waals surface area contributed by atoms with Crippen molar-refractivity contribution in [3.8, 4) is 5.75 Å². The minimum atomic E-state index is -1.23. The average Bonchev–Trinajstić information content (AvgIpc) is 2.88. The number of carbonyl (C=O) groups excluding carboxylic acids is 3. The van der Waals surface area contributed by atoms with Gasteiger partial charge in [-0.2, -0.15) is 0 Å². The van der Waals surface area contributed by atoms with E-state index < -0.39 is 23.4 Å². The largest absolute Gasteiger partial charge is 0.497 e. The van der Waals surface area contributed by atoms with Gasteiger partial charge in [0.2, 0.25) is 5.91 Å². The van der Waals surface area contributed by atoms with E-state index in [2.05, 4.69) is 33.2 Å². The molecule has 0 aliphatic carbocycles. The van der Waals surface area contributed by atoms with Crippen LogP contribution in [-0.4, -0.2) is 36.4 Å². The highest BCUT2D eigenvalue weighted by Gasteiger charge is 2.49. The molecule has 1 aliphatic rings. The van der Waals surface area contributed by atoms with Crippen molar-refractivity contribution < 1.29 is 19.1 Å². The number of imide groups is 1. The molecule has 1 saturated heterocycles. The van der Waals surface area contributed by atoms with Gasteiger partial charge >= 0.3 is 6.03 Å². The lowest BCUT2D eigenvalue weighted by Crippen LogP contribution is -2.42. The van der Waals surface area contributed by atoms with Crippen molar-refractivity contribution in [2.24, 2.45) is 0 Å². The fourth-order valence-corrected chi connectivity index (χ4v) is 3.71. The Balaban J connectivity index is 1.74. The number of anilines is 1. The van der Waals surface area contributed by atoms with Crippen molar-refractivity contribution in [1.29, 1.82) is 0 Å². The second kappa shape index (κ2) is 7.78. The van der Waals surface area contributed by atoms with Gasteiger partial charge in [0.15, 0.2) is 0 Å². The SMILES string of the molecule is COc1ccc(C2(C)NC(=O)N(CC(=O)Nc3ccc(I)cc3C)C2=O)cc1. The highest BCUT2D eigenvalue weighted by atomic mass is 127. The average molecular weight is 493 g/mol. The molecule has 0 spiro atoms. The van der Waals surface area contributed by atoms with Gasteiger partial charge in [-0.3, -0.25) is 14.5 Å². The summed E-state index contributed by atoms with van der Waals surface area (Å²) in [4.78, 5) is 38.7. The molecule has 2 N–H and O–H groups in total. The highest BCUT2D eigenvalue weighted by Crippen LogP contribution is 2.30. The lowest BCUT2D eigenvalue weighted by molar-refractivity contribution is -0.133. The fraction of sp³-hybridized carbons (Fsp3) is 0.250. The van der Waals surface area contributed by atoms with Gasteiger partial charge in [-0.05, 0) is 77.9 Å². The third-order valence-corrected chi connectivity index (χ3v) is 5.38. The van der Waals surface area contributed by atoms with Crippen molar-refractivity contribution in [3.63, 3.8) is 0 Å². The first-order chi connectivity index (χ1) is 13.2. The Morgan fingerprint density at radius 2 is 1.89 bits per heavy atom. The first kappa shape index (κ1) is 20.1. The molecule has 1 aliphatic heterocycles. The van der Waals surface area contributed by atoms with E-state index in [-0.39, 0.29) is 6.54 Å². The van der Waals surface area contributed by atoms with Crippen LogP contribution in [0, 0.1) is 10.5 Å². The van der Waals surface area contributed by atoms with Gasteiger partial charge in [-0.1, -0.05) is 12.1 Å². The Morgan fingerprint density at radius 3 is 2.50 bits per heavy atom. The molecule has 1 fully saturated rings. The summed E-state index contributed by atoms with van der Waals surface area (Å²) in [7, 11) is 1.55. The van der Waals surface area contributed by atoms with Gasteiger partial charge < -0.3 is 15.4 Å². The molecule has 2 aromatic rings. The van der Waals surface area contributed by atoms with Crippen LogP contribution in [0.15, 0.2) is 42.5 Å². The van der Waals surface area contributed by atoms with Crippen LogP contribution in [0.25, 0.3) is 0 Å². The molecule has 1 heterocycles. The third-order valence-electron chi connectivity index (χ3n) is 4.71. The second-order valence-corrected chi connectivity index (χ2v) is 7.93. The van der Waals surface area contributed by atoms with E-state index in [0.29, 0.717) is 17.0 Å². The second-order valence-electron chi connectivity index (χ2n) is 6.68. The summed E-state index contributed by atoms with van der Waals surface area (Å²) in [6.45, 7) is 3.14. The van der Waals surface area contributed by atoms with Crippen molar-refractivity contribution in [2.45, 2.75) is 19.4 Å². The summed E-state index contributed by atoms with van der Waals surface area (Å²) in [6, 6.07) is 11.9. The first-order valence-corrected chi connectivity index (χ1v) is 9.67. The Morgan fingerprint density at radius 1 is 1.21 bits per heavy atom. The third kappa shape index (κ3) is 3.82. The lowest BCUT2D eigenvalue weighted by Gasteiger charge is -2.22. The maximum atomic E-state index is 12.9. The van der Waals surface area contributed by atoms with E-state index in [0.717, 1.165) is 14.0 Å². The quantitative estimate of drug-likeness (QED) is 0.496. The summed E-state index contributed by atoms with van der Waals surface area (Å²) < 4.78 is 6.18. The number of amides is 4. The molecule has 28 heavy (non-hydrogen) atoms. The molecular formula is C20H20IN3O4. The molecule has 0 aromatic heterocycles. The molecule has 8 heteroatoms. The number of hydrogen-bond acceptors (Lipinski definition) is 4. The predicted molar refractivity (Wildman–Crippen MR) is 113 cm³/mol. The molecule has 1 atom stereocenters. The number of ether oxygens (including phenoxy) is 1. The van der Waals surface area contributed by atoms with Crippen LogP contribution in [0.5, 0.6) is 5.75 Å². The molecule has 7 nitrogen and oxygen atoms in total. The Kier molecular flexibility index (Phi) is 5.59. The van der Waals surface area contributed by atoms with E-state index in [1.54, 1.807) is 44.4 Å². The topological polar surface area (TPSA) is 87.7 Å². The zero-order chi connectivity index (χ0) is 20.5.